The van der Waals surface area contributed by atoms with Crippen LogP contribution >= 0.6 is 11.3 Å². The average molecular weight is 108 g/mol. The summed E-state index contributed by atoms with van der Waals surface area (Å²) in [7, 11) is 0. The van der Waals surface area contributed by atoms with Gasteiger partial charge < -0.3 is 0 Å². The summed E-state index contributed by atoms with van der Waals surface area (Å²) in [5, 5.41) is 2.10. The number of fused-ring (bicyclic) bond motifs is 1. The molecule has 2 rings (SSSR count). The largest absolute Gasteiger partial charge is 0.143 e. The summed E-state index contributed by atoms with van der Waals surface area (Å²) in [5.41, 5.74) is 2.64. The van der Waals surface area contributed by atoms with E-state index < -0.39 is 0 Å². The molecule has 0 nitrogen and oxygen atoms in total. The zero-order valence-corrected chi connectivity index (χ0v) is 4.59. The maximum absolute atomic E-state index is 3.81. The van der Waals surface area contributed by atoms with Crippen molar-refractivity contribution in [3.8, 4) is 0 Å². The molecule has 1 heteroatoms. The normalized spacial score (nSPS) is 14.0. The molecule has 0 saturated carbocycles. The van der Waals surface area contributed by atoms with Crippen LogP contribution in [-0.4, -0.2) is 0 Å². The second-order valence-electron chi connectivity index (χ2n) is 1.64. The Morgan fingerprint density at radius 1 is 1.57 bits per heavy atom. The maximum Gasteiger partial charge on any atom is 0.0421 e. The first-order valence-electron chi connectivity index (χ1n) is 2.17. The fourth-order valence-corrected chi connectivity index (χ4v) is 1.56. The minimum Gasteiger partial charge on any atom is -0.143 e. The summed E-state index contributed by atoms with van der Waals surface area (Å²) < 4.78 is 0. The van der Waals surface area contributed by atoms with E-state index in [2.05, 4.69) is 18.0 Å². The van der Waals surface area contributed by atoms with Gasteiger partial charge in [0.15, 0.2) is 0 Å². The van der Waals surface area contributed by atoms with Crippen LogP contribution in [0.15, 0.2) is 18.0 Å². The minimum atomic E-state index is 1.26. The average Bonchev–Trinajstić information content (AvgIpc) is 2.26. The molecule has 1 aliphatic rings. The lowest BCUT2D eigenvalue weighted by Crippen LogP contribution is -1.37. The first-order chi connectivity index (χ1) is 3.39. The standard InChI is InChI=1S/C6H4S/c1-4-5-2-3-7-6(4)5/h2-3H,1H2. The molecule has 1 aromatic heterocycles. The van der Waals surface area contributed by atoms with Gasteiger partial charge in [0.1, 0.15) is 0 Å². The second-order valence-corrected chi connectivity index (χ2v) is 2.56. The van der Waals surface area contributed by atoms with Crippen LogP contribution in [0.2, 0.25) is 0 Å². The van der Waals surface area contributed by atoms with Crippen molar-refractivity contribution in [2.75, 3.05) is 0 Å². The van der Waals surface area contributed by atoms with Crippen LogP contribution in [0.5, 0.6) is 0 Å². The van der Waals surface area contributed by atoms with Gasteiger partial charge in [-0.15, -0.1) is 11.3 Å². The lowest BCUT2D eigenvalue weighted by atomic mass is 10.5. The molecule has 1 heterocycles. The van der Waals surface area contributed by atoms with E-state index in [1.165, 1.54) is 16.0 Å². The summed E-state index contributed by atoms with van der Waals surface area (Å²) in [6.07, 6.45) is 0. The summed E-state index contributed by atoms with van der Waals surface area (Å²) in [6.45, 7) is 3.81. The quantitative estimate of drug-likeness (QED) is 0.485. The lowest BCUT2D eigenvalue weighted by molar-refractivity contribution is 2.04. The van der Waals surface area contributed by atoms with Crippen LogP contribution in [0.4, 0.5) is 0 Å². The van der Waals surface area contributed by atoms with E-state index in [1.54, 1.807) is 11.3 Å². The van der Waals surface area contributed by atoms with Crippen LogP contribution in [-0.2, 0) is 0 Å². The topological polar surface area (TPSA) is 0 Å². The van der Waals surface area contributed by atoms with Gasteiger partial charge in [0.25, 0.3) is 0 Å². The fraction of sp³-hybridized carbons (Fsp3) is 0. The molecule has 1 aromatic rings. The van der Waals surface area contributed by atoms with Gasteiger partial charge in [-0.2, -0.15) is 0 Å². The third-order valence-corrected chi connectivity index (χ3v) is 2.18. The predicted molar refractivity (Wildman–Crippen MR) is 32.5 cm³/mol. The van der Waals surface area contributed by atoms with E-state index in [0.29, 0.717) is 0 Å². The molecule has 1 aliphatic carbocycles. The molecule has 0 aliphatic heterocycles. The molecule has 0 radical (unpaired) electrons. The molecule has 0 atom stereocenters. The summed E-state index contributed by atoms with van der Waals surface area (Å²) in [5.74, 6) is 0. The van der Waals surface area contributed by atoms with Crippen molar-refractivity contribution < 1.29 is 0 Å². The van der Waals surface area contributed by atoms with E-state index >= 15 is 0 Å². The summed E-state index contributed by atoms with van der Waals surface area (Å²) in [4.78, 5) is 1.40. The Kier molecular flexibility index (Phi) is 0.403. The Morgan fingerprint density at radius 2 is 2.43 bits per heavy atom. The van der Waals surface area contributed by atoms with Gasteiger partial charge in [0.2, 0.25) is 0 Å². The molecular formula is C6H4S. The predicted octanol–water partition coefficient (Wildman–Crippen LogP) is 2.12. The zero-order chi connectivity index (χ0) is 4.85. The van der Waals surface area contributed by atoms with Gasteiger partial charge in [0, 0.05) is 10.4 Å². The van der Waals surface area contributed by atoms with Crippen molar-refractivity contribution in [2.24, 2.45) is 0 Å². The molecule has 0 spiro atoms. The fourth-order valence-electron chi connectivity index (χ4n) is 0.703. The molecule has 0 N–H and O–H groups in total. The first kappa shape index (κ1) is 3.44. The number of hydrogen-bond acceptors (Lipinski definition) is 1. The third kappa shape index (κ3) is 0.270. The van der Waals surface area contributed by atoms with Gasteiger partial charge in [-0.05, 0) is 17.0 Å². The summed E-state index contributed by atoms with van der Waals surface area (Å²) in [6, 6.07) is 2.11. The highest BCUT2D eigenvalue weighted by atomic mass is 32.1. The van der Waals surface area contributed by atoms with Crippen LogP contribution in [0, 0.1) is 0 Å². The molecule has 7 heavy (non-hydrogen) atoms. The molecule has 0 aromatic carbocycles. The van der Waals surface area contributed by atoms with Crippen LogP contribution in [0.25, 0.3) is 5.57 Å². The molecule has 34 valence electrons. The van der Waals surface area contributed by atoms with Crippen LogP contribution in [0.1, 0.15) is 10.4 Å². The minimum absolute atomic E-state index is 1.26. The number of rotatable bonds is 0. The lowest BCUT2D eigenvalue weighted by Gasteiger charge is -1.63. The molecular weight excluding hydrogens is 104 g/mol. The number of hydrogen-bond donors (Lipinski definition) is 0. The van der Waals surface area contributed by atoms with Crippen molar-refractivity contribution in [3.05, 3.63) is 28.5 Å². The Hall–Kier alpha value is -0.560. The molecule has 0 saturated heterocycles. The molecule has 0 amide bonds. The zero-order valence-electron chi connectivity index (χ0n) is 3.77. The Bertz CT molecular complexity index is 199. The monoisotopic (exact) mass is 108 g/mol. The summed E-state index contributed by atoms with van der Waals surface area (Å²) >= 11 is 1.78. The van der Waals surface area contributed by atoms with E-state index in [4.69, 9.17) is 0 Å². The second kappa shape index (κ2) is 0.819. The highest BCUT2D eigenvalue weighted by Crippen LogP contribution is 2.44. The van der Waals surface area contributed by atoms with E-state index in [-0.39, 0.29) is 0 Å². The number of thiophene rings is 1. The Morgan fingerprint density at radius 3 is 2.71 bits per heavy atom. The molecule has 0 unspecified atom stereocenters. The van der Waals surface area contributed by atoms with E-state index in [9.17, 15) is 0 Å². The van der Waals surface area contributed by atoms with Gasteiger partial charge in [-0.25, -0.2) is 0 Å². The SMILES string of the molecule is C=C1c2ccsc21. The smallest absolute Gasteiger partial charge is 0.0421 e. The van der Waals surface area contributed by atoms with Crippen LogP contribution in [0.3, 0.4) is 0 Å². The molecule has 0 fully saturated rings. The van der Waals surface area contributed by atoms with Gasteiger partial charge in [-0.1, -0.05) is 6.58 Å². The first-order valence-corrected chi connectivity index (χ1v) is 3.05. The van der Waals surface area contributed by atoms with Crippen molar-refractivity contribution in [3.63, 3.8) is 0 Å². The van der Waals surface area contributed by atoms with E-state index in [1.807, 2.05) is 0 Å². The Labute approximate surface area is 46.1 Å². The molecule has 0 bridgehead atoms. The highest BCUT2D eigenvalue weighted by molar-refractivity contribution is 7.13. The van der Waals surface area contributed by atoms with Crippen molar-refractivity contribution in [2.45, 2.75) is 0 Å². The van der Waals surface area contributed by atoms with Crippen molar-refractivity contribution in [1.82, 2.24) is 0 Å². The third-order valence-electron chi connectivity index (χ3n) is 1.20. The van der Waals surface area contributed by atoms with Crippen LogP contribution < -0.4 is 0 Å². The van der Waals surface area contributed by atoms with Gasteiger partial charge in [0.05, 0.1) is 0 Å². The van der Waals surface area contributed by atoms with Crippen molar-refractivity contribution >= 4 is 16.9 Å². The Balaban J connectivity index is 2.80. The van der Waals surface area contributed by atoms with Gasteiger partial charge in [-0.3, -0.25) is 0 Å². The van der Waals surface area contributed by atoms with Crippen molar-refractivity contribution in [1.29, 1.82) is 0 Å². The van der Waals surface area contributed by atoms with Gasteiger partial charge >= 0.3 is 0 Å². The highest BCUT2D eigenvalue weighted by Gasteiger charge is 2.22. The van der Waals surface area contributed by atoms with E-state index in [0.717, 1.165) is 0 Å². The maximum atomic E-state index is 3.81.